The first-order valence-corrected chi connectivity index (χ1v) is 9.06. The smallest absolute Gasteiger partial charge is 0.297 e. The molecule has 1 aromatic carbocycles. The van der Waals surface area contributed by atoms with Gasteiger partial charge in [0.05, 0.1) is 12.9 Å². The average Bonchev–Trinajstić information content (AvgIpc) is 3.21. The molecule has 0 unspecified atom stereocenters. The zero-order valence-electron chi connectivity index (χ0n) is 14.4. The Labute approximate surface area is 153 Å². The highest BCUT2D eigenvalue weighted by Gasteiger charge is 2.17. The summed E-state index contributed by atoms with van der Waals surface area (Å²) in [6, 6.07) is 9.40. The van der Waals surface area contributed by atoms with Gasteiger partial charge < -0.3 is 9.32 Å². The summed E-state index contributed by atoms with van der Waals surface area (Å²) < 4.78 is 6.94. The first-order chi connectivity index (χ1) is 12.5. The quantitative estimate of drug-likeness (QED) is 0.556. The fourth-order valence-electron chi connectivity index (χ4n) is 2.86. The molecule has 0 radical (unpaired) electrons. The summed E-state index contributed by atoms with van der Waals surface area (Å²) in [5, 5.41) is 2.80. The molecule has 0 N–H and O–H groups in total. The molecule has 1 amide bonds. The number of para-hydroxylation sites is 1. The number of carbonyl (C=O) groups excluding carboxylic acids is 1. The van der Waals surface area contributed by atoms with Crippen molar-refractivity contribution in [3.05, 3.63) is 62.8 Å². The lowest BCUT2D eigenvalue weighted by molar-refractivity contribution is -0.131. The molecule has 0 saturated heterocycles. The Morgan fingerprint density at radius 2 is 2.12 bits per heavy atom. The normalized spacial score (nSPS) is 11.3. The predicted octanol–water partition coefficient (Wildman–Crippen LogP) is 3.17. The van der Waals surface area contributed by atoms with Crippen molar-refractivity contribution in [1.82, 2.24) is 14.5 Å². The van der Waals surface area contributed by atoms with Crippen molar-refractivity contribution >= 4 is 39.3 Å². The van der Waals surface area contributed by atoms with Crippen LogP contribution in [0.1, 0.15) is 10.4 Å². The fourth-order valence-corrected chi connectivity index (χ4v) is 3.82. The molecule has 4 aromatic rings. The van der Waals surface area contributed by atoms with E-state index in [-0.39, 0.29) is 23.6 Å². The van der Waals surface area contributed by atoms with E-state index in [0.717, 1.165) is 15.8 Å². The van der Waals surface area contributed by atoms with Crippen LogP contribution in [-0.2, 0) is 17.9 Å². The lowest BCUT2D eigenvalue weighted by Crippen LogP contribution is -2.33. The lowest BCUT2D eigenvalue weighted by Gasteiger charge is -2.17. The zero-order valence-corrected chi connectivity index (χ0v) is 15.2. The minimum absolute atomic E-state index is 0.0697. The maximum absolute atomic E-state index is 12.7. The highest BCUT2D eigenvalue weighted by Crippen LogP contribution is 2.24. The Morgan fingerprint density at radius 1 is 1.31 bits per heavy atom. The summed E-state index contributed by atoms with van der Waals surface area (Å²) in [6.45, 7) is 2.48. The van der Waals surface area contributed by atoms with Gasteiger partial charge in [-0.25, -0.2) is 4.98 Å². The lowest BCUT2D eigenvalue weighted by atomic mass is 10.2. The molecular formula is C19H17N3O3S. The first-order valence-electron chi connectivity index (χ1n) is 8.18. The molecule has 0 aliphatic heterocycles. The number of rotatable bonds is 4. The van der Waals surface area contributed by atoms with Crippen LogP contribution in [0.25, 0.3) is 22.1 Å². The number of carbonyl (C=O) groups is 1. The van der Waals surface area contributed by atoms with Gasteiger partial charge in [0.25, 0.3) is 5.56 Å². The number of aromatic nitrogens is 2. The summed E-state index contributed by atoms with van der Waals surface area (Å²) in [5.74, 6) is -0.155. The van der Waals surface area contributed by atoms with E-state index in [4.69, 9.17) is 4.42 Å². The number of hydrogen-bond donors (Lipinski definition) is 0. The number of benzene rings is 1. The van der Waals surface area contributed by atoms with Gasteiger partial charge in [-0.1, -0.05) is 12.1 Å². The topological polar surface area (TPSA) is 68.3 Å². The van der Waals surface area contributed by atoms with Gasteiger partial charge in [-0.3, -0.25) is 14.2 Å². The summed E-state index contributed by atoms with van der Waals surface area (Å²) in [4.78, 5) is 32.3. The molecule has 3 aromatic heterocycles. The molecule has 7 heteroatoms. The van der Waals surface area contributed by atoms with Crippen molar-refractivity contribution in [2.75, 3.05) is 7.05 Å². The van der Waals surface area contributed by atoms with E-state index in [1.54, 1.807) is 29.4 Å². The van der Waals surface area contributed by atoms with E-state index in [1.807, 2.05) is 36.6 Å². The van der Waals surface area contributed by atoms with Crippen LogP contribution in [-0.4, -0.2) is 27.4 Å². The van der Waals surface area contributed by atoms with Crippen molar-refractivity contribution < 1.29 is 9.21 Å². The molecule has 6 nitrogen and oxygen atoms in total. The van der Waals surface area contributed by atoms with E-state index in [2.05, 4.69) is 4.98 Å². The number of aryl methyl sites for hydroxylation is 1. The number of nitrogens with zero attached hydrogens (tertiary/aromatic N) is 3. The van der Waals surface area contributed by atoms with Gasteiger partial charge in [0.2, 0.25) is 11.5 Å². The van der Waals surface area contributed by atoms with Gasteiger partial charge in [0.1, 0.15) is 17.6 Å². The van der Waals surface area contributed by atoms with Gasteiger partial charge in [-0.15, -0.1) is 11.3 Å². The standard InChI is InChI=1S/C19H17N3O3S/c1-12-7-8-26-15(12)9-21(2)16(23)10-22-11-20-17-13-5-3-4-6-14(13)25-18(17)19(22)24/h3-8,11H,9-10H2,1-2H3. The number of hydrogen-bond acceptors (Lipinski definition) is 5. The Balaban J connectivity index is 1.61. The third kappa shape index (κ3) is 2.80. The maximum Gasteiger partial charge on any atom is 0.297 e. The monoisotopic (exact) mass is 367 g/mol. The van der Waals surface area contributed by atoms with Crippen LogP contribution in [0.15, 0.2) is 51.3 Å². The molecule has 0 aliphatic carbocycles. The average molecular weight is 367 g/mol. The molecule has 26 heavy (non-hydrogen) atoms. The van der Waals surface area contributed by atoms with Crippen LogP contribution < -0.4 is 5.56 Å². The Hall–Kier alpha value is -2.93. The number of likely N-dealkylation sites (N-methyl/N-ethyl adjacent to an activating group) is 1. The number of furan rings is 1. The van der Waals surface area contributed by atoms with E-state index in [1.165, 1.54) is 10.9 Å². The molecule has 0 spiro atoms. The number of fused-ring (bicyclic) bond motifs is 3. The van der Waals surface area contributed by atoms with E-state index in [9.17, 15) is 9.59 Å². The maximum atomic E-state index is 12.7. The summed E-state index contributed by atoms with van der Waals surface area (Å²) in [7, 11) is 1.74. The van der Waals surface area contributed by atoms with Crippen molar-refractivity contribution in [1.29, 1.82) is 0 Å². The van der Waals surface area contributed by atoms with Crippen molar-refractivity contribution in [2.24, 2.45) is 0 Å². The highest BCUT2D eigenvalue weighted by molar-refractivity contribution is 7.10. The highest BCUT2D eigenvalue weighted by atomic mass is 32.1. The third-order valence-electron chi connectivity index (χ3n) is 4.43. The molecule has 0 fully saturated rings. The Morgan fingerprint density at radius 3 is 2.88 bits per heavy atom. The van der Waals surface area contributed by atoms with E-state index < -0.39 is 0 Å². The van der Waals surface area contributed by atoms with E-state index >= 15 is 0 Å². The molecule has 0 atom stereocenters. The molecule has 0 bridgehead atoms. The summed E-state index contributed by atoms with van der Waals surface area (Å²) >= 11 is 1.62. The van der Waals surface area contributed by atoms with Crippen LogP contribution in [0, 0.1) is 6.92 Å². The van der Waals surface area contributed by atoms with Crippen LogP contribution in [0.5, 0.6) is 0 Å². The van der Waals surface area contributed by atoms with E-state index in [0.29, 0.717) is 17.6 Å². The summed E-state index contributed by atoms with van der Waals surface area (Å²) in [6.07, 6.45) is 1.41. The molecule has 0 aliphatic rings. The zero-order chi connectivity index (χ0) is 18.3. The first kappa shape index (κ1) is 16.5. The van der Waals surface area contributed by atoms with Gasteiger partial charge >= 0.3 is 0 Å². The number of thiophene rings is 1. The van der Waals surface area contributed by atoms with Crippen molar-refractivity contribution in [3.63, 3.8) is 0 Å². The van der Waals surface area contributed by atoms with Crippen LogP contribution in [0.3, 0.4) is 0 Å². The second-order valence-electron chi connectivity index (χ2n) is 6.23. The fraction of sp³-hybridized carbons (Fsp3) is 0.211. The van der Waals surface area contributed by atoms with Crippen LogP contribution in [0.4, 0.5) is 0 Å². The molecule has 3 heterocycles. The van der Waals surface area contributed by atoms with Gasteiger partial charge in [-0.05, 0) is 36.1 Å². The Kier molecular flexibility index (Phi) is 4.08. The second-order valence-corrected chi connectivity index (χ2v) is 7.23. The van der Waals surface area contributed by atoms with Crippen LogP contribution in [0.2, 0.25) is 0 Å². The number of amides is 1. The summed E-state index contributed by atoms with van der Waals surface area (Å²) in [5.41, 5.74) is 2.13. The molecule has 132 valence electrons. The van der Waals surface area contributed by atoms with Gasteiger partial charge in [-0.2, -0.15) is 0 Å². The van der Waals surface area contributed by atoms with Crippen LogP contribution >= 0.6 is 11.3 Å². The molecule has 0 saturated carbocycles. The minimum atomic E-state index is -0.347. The van der Waals surface area contributed by atoms with Crippen molar-refractivity contribution in [3.8, 4) is 0 Å². The SMILES string of the molecule is Cc1ccsc1CN(C)C(=O)Cn1cnc2c(oc3ccccc32)c1=O. The van der Waals surface area contributed by atoms with Crippen molar-refractivity contribution in [2.45, 2.75) is 20.0 Å². The predicted molar refractivity (Wildman–Crippen MR) is 101 cm³/mol. The van der Waals surface area contributed by atoms with Gasteiger partial charge in [0.15, 0.2) is 0 Å². The minimum Gasteiger partial charge on any atom is -0.448 e. The van der Waals surface area contributed by atoms with Gasteiger partial charge in [0, 0.05) is 17.3 Å². The largest absolute Gasteiger partial charge is 0.448 e. The Bertz CT molecular complexity index is 1170. The second kappa shape index (κ2) is 6.42. The third-order valence-corrected chi connectivity index (χ3v) is 5.44. The molecular weight excluding hydrogens is 350 g/mol. The molecule has 4 rings (SSSR count).